The van der Waals surface area contributed by atoms with E-state index in [0.717, 1.165) is 31.6 Å². The number of nitrogens with one attached hydrogen (secondary N) is 3. The Hall–Kier alpha value is -3.03. The summed E-state index contributed by atoms with van der Waals surface area (Å²) in [6.45, 7) is 6.91. The molecule has 0 radical (unpaired) electrons. The minimum atomic E-state index is 0.653. The number of aromatic nitrogens is 3. The summed E-state index contributed by atoms with van der Waals surface area (Å²) in [5.74, 6) is 0.926. The maximum absolute atomic E-state index is 4.56. The highest BCUT2D eigenvalue weighted by Crippen LogP contribution is 2.24. The van der Waals surface area contributed by atoms with E-state index < -0.39 is 0 Å². The maximum atomic E-state index is 4.56. The Balaban J connectivity index is 1.66. The van der Waals surface area contributed by atoms with Crippen LogP contribution in [-0.4, -0.2) is 21.5 Å². The highest BCUT2D eigenvalue weighted by Gasteiger charge is 2.06. The van der Waals surface area contributed by atoms with Gasteiger partial charge in [0, 0.05) is 19.7 Å². The second-order valence-corrected chi connectivity index (χ2v) is 6.56. The van der Waals surface area contributed by atoms with Gasteiger partial charge in [0.05, 0.1) is 6.54 Å². The molecule has 0 aliphatic rings. The third-order valence-corrected chi connectivity index (χ3v) is 4.47. The fraction of sp³-hybridized carbons (Fsp3) is 0.286. The lowest BCUT2D eigenvalue weighted by molar-refractivity contribution is 0.446. The molecule has 146 valence electrons. The van der Waals surface area contributed by atoms with Gasteiger partial charge >= 0.3 is 0 Å². The minimum absolute atomic E-state index is 0.653. The first kappa shape index (κ1) is 19.7. The molecule has 3 aromatic rings. The van der Waals surface area contributed by atoms with E-state index in [-0.39, 0.29) is 0 Å². The Bertz CT molecular complexity index is 870. The lowest BCUT2D eigenvalue weighted by atomic mass is 9.99. The van der Waals surface area contributed by atoms with Gasteiger partial charge < -0.3 is 0 Å². The van der Waals surface area contributed by atoms with Crippen LogP contribution in [0.25, 0.3) is 11.1 Å². The molecule has 28 heavy (non-hydrogen) atoms. The Morgan fingerprint density at radius 1 is 1.11 bits per heavy atom. The molecule has 0 amide bonds. The monoisotopic (exact) mass is 377 g/mol. The largest absolute Gasteiger partial charge is 0.248 e. The quantitative estimate of drug-likeness (QED) is 0.272. The summed E-state index contributed by atoms with van der Waals surface area (Å²) in [6.07, 6.45) is 5.05. The summed E-state index contributed by atoms with van der Waals surface area (Å²) in [4.78, 5) is 4.39. The van der Waals surface area contributed by atoms with E-state index in [1.54, 1.807) is 0 Å². The molecule has 3 rings (SSSR count). The van der Waals surface area contributed by atoms with Crippen LogP contribution in [0.2, 0.25) is 0 Å². The van der Waals surface area contributed by atoms with Gasteiger partial charge in [-0.3, -0.25) is 0 Å². The highest BCUT2D eigenvalue weighted by atomic mass is 15.7. The van der Waals surface area contributed by atoms with Crippen LogP contribution in [0.15, 0.2) is 60.0 Å². The molecule has 0 aliphatic heterocycles. The summed E-state index contributed by atoms with van der Waals surface area (Å²) >= 11 is 0. The van der Waals surface area contributed by atoms with Crippen molar-refractivity contribution in [2.24, 2.45) is 5.10 Å². The van der Waals surface area contributed by atoms with Crippen LogP contribution in [0.1, 0.15) is 36.7 Å². The van der Waals surface area contributed by atoms with E-state index in [1.165, 1.54) is 22.3 Å². The normalized spacial score (nSPS) is 10.8. The Morgan fingerprint density at radius 2 is 1.93 bits per heavy atom. The molecule has 0 fully saturated rings. The summed E-state index contributed by atoms with van der Waals surface area (Å²) in [5, 5.41) is 8.08. The number of aryl methyl sites for hydroxylation is 1. The Labute approximate surface area is 165 Å². The Morgan fingerprint density at radius 3 is 2.71 bits per heavy atom. The van der Waals surface area contributed by atoms with Crippen molar-refractivity contribution in [1.82, 2.24) is 31.3 Å². The van der Waals surface area contributed by atoms with E-state index >= 15 is 0 Å². The number of hydrazine groups is 2. The molecule has 7 nitrogen and oxygen atoms in total. The molecule has 0 saturated carbocycles. The number of unbranched alkanes of at least 4 members (excludes halogenated alkanes) is 1. The minimum Gasteiger partial charge on any atom is -0.248 e. The number of hydrazone groups is 1. The third kappa shape index (κ3) is 5.48. The molecule has 1 aromatic heterocycles. The van der Waals surface area contributed by atoms with Crippen LogP contribution in [0.4, 0.5) is 0 Å². The summed E-state index contributed by atoms with van der Waals surface area (Å²) < 4.78 is 1.91. The molecule has 3 N–H and O–H groups in total. The van der Waals surface area contributed by atoms with Gasteiger partial charge in [-0.15, -0.1) is 0 Å². The van der Waals surface area contributed by atoms with Gasteiger partial charge in [0.15, 0.2) is 5.82 Å². The zero-order valence-corrected chi connectivity index (χ0v) is 16.2. The number of benzene rings is 2. The molecule has 0 atom stereocenters. The van der Waals surface area contributed by atoms with E-state index in [4.69, 9.17) is 0 Å². The van der Waals surface area contributed by atoms with Crippen molar-refractivity contribution >= 4 is 6.72 Å². The molecule has 0 saturated heterocycles. The molecular weight excluding hydrogens is 350 g/mol. The third-order valence-electron chi connectivity index (χ3n) is 4.47. The van der Waals surface area contributed by atoms with Crippen molar-refractivity contribution in [1.29, 1.82) is 0 Å². The fourth-order valence-corrected chi connectivity index (χ4v) is 3.01. The average Bonchev–Trinajstić information content (AvgIpc) is 3.18. The number of hydrogen-bond acceptors (Lipinski definition) is 6. The zero-order valence-electron chi connectivity index (χ0n) is 16.2. The topological polar surface area (TPSA) is 79.2 Å². The number of hydrogen-bond donors (Lipinski definition) is 3. The van der Waals surface area contributed by atoms with Gasteiger partial charge in [-0.1, -0.05) is 61.9 Å². The van der Waals surface area contributed by atoms with Crippen LogP contribution in [0.5, 0.6) is 0 Å². The molecular formula is C21H27N7. The predicted octanol–water partition coefficient (Wildman–Crippen LogP) is 3.05. The van der Waals surface area contributed by atoms with E-state index in [9.17, 15) is 0 Å². The lowest BCUT2D eigenvalue weighted by Gasteiger charge is -2.12. The standard InChI is InChI=1S/C21H27N7/c1-3-4-9-21-23-16-28(25-21)15-17-10-12-18(13-11-17)20-8-6-5-7-19(20)14-24-27-26-22-2/h5-8,10-13,16,24,26-27H,2-4,9,14-15H2,1H3. The fourth-order valence-electron chi connectivity index (χ4n) is 3.01. The number of rotatable bonds is 11. The summed E-state index contributed by atoms with van der Waals surface area (Å²) in [5.41, 5.74) is 13.1. The van der Waals surface area contributed by atoms with Gasteiger partial charge in [-0.05, 0) is 28.7 Å². The lowest BCUT2D eigenvalue weighted by Crippen LogP contribution is -2.39. The van der Waals surface area contributed by atoms with Crippen LogP contribution >= 0.6 is 0 Å². The molecule has 0 spiro atoms. The van der Waals surface area contributed by atoms with Gasteiger partial charge in [0.25, 0.3) is 0 Å². The zero-order chi connectivity index (χ0) is 19.6. The van der Waals surface area contributed by atoms with Crippen molar-refractivity contribution in [2.75, 3.05) is 0 Å². The van der Waals surface area contributed by atoms with E-state index in [1.807, 2.05) is 17.1 Å². The van der Waals surface area contributed by atoms with Gasteiger partial charge in [-0.2, -0.15) is 15.7 Å². The van der Waals surface area contributed by atoms with Gasteiger partial charge in [0.1, 0.15) is 6.33 Å². The number of nitrogens with zero attached hydrogens (tertiary/aromatic N) is 4. The van der Waals surface area contributed by atoms with Crippen molar-refractivity contribution in [3.63, 3.8) is 0 Å². The Kier molecular flexibility index (Phi) is 7.29. The molecule has 7 heteroatoms. The smallest absolute Gasteiger partial charge is 0.150 e. The SMILES string of the molecule is C=NNNNCc1ccccc1-c1ccc(Cn2cnc(CCCC)n2)cc1. The van der Waals surface area contributed by atoms with Crippen molar-refractivity contribution in [3.05, 3.63) is 71.8 Å². The first-order valence-corrected chi connectivity index (χ1v) is 9.54. The second-order valence-electron chi connectivity index (χ2n) is 6.56. The van der Waals surface area contributed by atoms with E-state index in [2.05, 4.69) is 87.8 Å². The predicted molar refractivity (Wildman–Crippen MR) is 112 cm³/mol. The summed E-state index contributed by atoms with van der Waals surface area (Å²) in [7, 11) is 0. The second kappa shape index (κ2) is 10.3. The molecule has 0 aliphatic carbocycles. The van der Waals surface area contributed by atoms with Crippen molar-refractivity contribution < 1.29 is 0 Å². The van der Waals surface area contributed by atoms with Crippen LogP contribution < -0.4 is 16.5 Å². The van der Waals surface area contributed by atoms with Crippen molar-refractivity contribution in [2.45, 2.75) is 39.3 Å². The van der Waals surface area contributed by atoms with Crippen molar-refractivity contribution in [3.8, 4) is 11.1 Å². The maximum Gasteiger partial charge on any atom is 0.150 e. The first-order chi connectivity index (χ1) is 13.8. The summed E-state index contributed by atoms with van der Waals surface area (Å²) in [6, 6.07) is 16.9. The first-order valence-electron chi connectivity index (χ1n) is 9.54. The van der Waals surface area contributed by atoms with Crippen LogP contribution in [0, 0.1) is 0 Å². The highest BCUT2D eigenvalue weighted by molar-refractivity contribution is 5.67. The molecule has 0 bridgehead atoms. The molecule has 0 unspecified atom stereocenters. The van der Waals surface area contributed by atoms with Crippen LogP contribution in [0.3, 0.4) is 0 Å². The molecule has 1 heterocycles. The van der Waals surface area contributed by atoms with Gasteiger partial charge in [0.2, 0.25) is 0 Å². The average molecular weight is 377 g/mol. The van der Waals surface area contributed by atoms with Crippen LogP contribution in [-0.2, 0) is 19.5 Å². The molecule has 2 aromatic carbocycles. The van der Waals surface area contributed by atoms with E-state index in [0.29, 0.717) is 6.54 Å². The van der Waals surface area contributed by atoms with Gasteiger partial charge in [-0.25, -0.2) is 20.6 Å².